The van der Waals surface area contributed by atoms with Crippen molar-refractivity contribution in [3.8, 4) is 0 Å². The Bertz CT molecular complexity index is 853. The predicted octanol–water partition coefficient (Wildman–Crippen LogP) is 4.12. The molecule has 28 heavy (non-hydrogen) atoms. The first-order valence-corrected chi connectivity index (χ1v) is 9.41. The molecule has 0 saturated carbocycles. The third-order valence-corrected chi connectivity index (χ3v) is 4.68. The molecule has 2 atom stereocenters. The lowest BCUT2D eigenvalue weighted by molar-refractivity contribution is -0.146. The lowest BCUT2D eigenvalue weighted by Gasteiger charge is -2.15. The monoisotopic (exact) mass is 385 g/mol. The smallest absolute Gasteiger partial charge is 0.340 e. The first-order chi connectivity index (χ1) is 13.3. The number of ketones is 1. The first-order valence-electron chi connectivity index (χ1n) is 9.41. The molecule has 0 bridgehead atoms. The normalized spacial score (nSPS) is 12.9. The SMILES string of the molecule is CCOC(=O)c1c(C)[nH]c(C(=O)[C@@H](C)OC(=O)C[C@H](C)c2ccccc2)c1C. The molecule has 150 valence electrons. The molecular weight excluding hydrogens is 358 g/mol. The van der Waals surface area contributed by atoms with Gasteiger partial charge in [0.15, 0.2) is 6.10 Å². The Morgan fingerprint density at radius 1 is 1.07 bits per heavy atom. The van der Waals surface area contributed by atoms with Crippen LogP contribution in [0, 0.1) is 13.8 Å². The van der Waals surface area contributed by atoms with E-state index in [1.54, 1.807) is 20.8 Å². The average molecular weight is 385 g/mol. The number of aromatic amines is 1. The lowest BCUT2D eigenvalue weighted by Crippen LogP contribution is -2.26. The zero-order chi connectivity index (χ0) is 20.8. The molecule has 0 unspecified atom stereocenters. The van der Waals surface area contributed by atoms with Crippen molar-refractivity contribution in [3.05, 3.63) is 58.4 Å². The van der Waals surface area contributed by atoms with Gasteiger partial charge in [0, 0.05) is 5.69 Å². The highest BCUT2D eigenvalue weighted by atomic mass is 16.5. The van der Waals surface area contributed by atoms with Crippen molar-refractivity contribution >= 4 is 17.7 Å². The summed E-state index contributed by atoms with van der Waals surface area (Å²) in [6.07, 6.45) is -0.777. The van der Waals surface area contributed by atoms with Crippen LogP contribution in [0.2, 0.25) is 0 Å². The Balaban J connectivity index is 2.05. The van der Waals surface area contributed by atoms with Crippen LogP contribution in [0.15, 0.2) is 30.3 Å². The number of aryl methyl sites for hydroxylation is 1. The second-order valence-electron chi connectivity index (χ2n) is 6.86. The second kappa shape index (κ2) is 9.35. The maximum Gasteiger partial charge on any atom is 0.340 e. The van der Waals surface area contributed by atoms with E-state index in [2.05, 4.69) is 4.98 Å². The number of nitrogens with one attached hydrogen (secondary N) is 1. The molecule has 0 amide bonds. The number of hydrogen-bond acceptors (Lipinski definition) is 5. The number of carbonyl (C=O) groups is 3. The van der Waals surface area contributed by atoms with Gasteiger partial charge in [0.05, 0.1) is 24.3 Å². The molecular formula is C22H27NO5. The average Bonchev–Trinajstić information content (AvgIpc) is 2.96. The van der Waals surface area contributed by atoms with Gasteiger partial charge < -0.3 is 14.5 Å². The standard InChI is InChI=1S/C22H27NO5/c1-6-27-22(26)19-14(3)20(23-15(19)4)21(25)16(5)28-18(24)12-13(2)17-10-8-7-9-11-17/h7-11,13,16,23H,6,12H2,1-5H3/t13-,16+/m0/s1. The second-order valence-corrected chi connectivity index (χ2v) is 6.86. The highest BCUT2D eigenvalue weighted by Crippen LogP contribution is 2.22. The zero-order valence-electron chi connectivity index (χ0n) is 17.0. The molecule has 6 nitrogen and oxygen atoms in total. The zero-order valence-corrected chi connectivity index (χ0v) is 17.0. The first kappa shape index (κ1) is 21.4. The van der Waals surface area contributed by atoms with Gasteiger partial charge in [-0.25, -0.2) is 4.79 Å². The van der Waals surface area contributed by atoms with Crippen LogP contribution in [-0.2, 0) is 14.3 Å². The molecule has 2 aromatic rings. The van der Waals surface area contributed by atoms with E-state index in [0.717, 1.165) is 5.56 Å². The van der Waals surface area contributed by atoms with Gasteiger partial charge in [0.2, 0.25) is 5.78 Å². The minimum atomic E-state index is -0.956. The van der Waals surface area contributed by atoms with Gasteiger partial charge in [-0.15, -0.1) is 0 Å². The van der Waals surface area contributed by atoms with Gasteiger partial charge in [-0.1, -0.05) is 37.3 Å². The van der Waals surface area contributed by atoms with Crippen molar-refractivity contribution in [2.24, 2.45) is 0 Å². The summed E-state index contributed by atoms with van der Waals surface area (Å²) in [5.74, 6) is -1.31. The Morgan fingerprint density at radius 2 is 1.71 bits per heavy atom. The summed E-state index contributed by atoms with van der Waals surface area (Å²) in [7, 11) is 0. The summed E-state index contributed by atoms with van der Waals surface area (Å²) < 4.78 is 10.4. The van der Waals surface area contributed by atoms with Crippen LogP contribution in [-0.4, -0.2) is 35.4 Å². The number of carbonyl (C=O) groups excluding carboxylic acids is 3. The molecule has 0 aliphatic rings. The number of esters is 2. The molecule has 6 heteroatoms. The highest BCUT2D eigenvalue weighted by Gasteiger charge is 2.27. The molecule has 1 aromatic heterocycles. The summed E-state index contributed by atoms with van der Waals surface area (Å²) in [6, 6.07) is 9.66. The Labute approximate surface area is 165 Å². The maximum absolute atomic E-state index is 12.7. The number of hydrogen-bond donors (Lipinski definition) is 1. The fourth-order valence-electron chi connectivity index (χ4n) is 3.16. The number of Topliss-reactive ketones (excluding diaryl/α,β-unsaturated/α-hetero) is 1. The van der Waals surface area contributed by atoms with Crippen LogP contribution in [0.1, 0.15) is 70.8 Å². The van der Waals surface area contributed by atoms with E-state index in [9.17, 15) is 14.4 Å². The van der Waals surface area contributed by atoms with E-state index in [-0.39, 0.29) is 30.4 Å². The van der Waals surface area contributed by atoms with E-state index in [1.165, 1.54) is 6.92 Å². The number of rotatable bonds is 8. The van der Waals surface area contributed by atoms with Gasteiger partial charge in [-0.05, 0) is 44.7 Å². The Morgan fingerprint density at radius 3 is 2.32 bits per heavy atom. The van der Waals surface area contributed by atoms with E-state index in [4.69, 9.17) is 9.47 Å². The van der Waals surface area contributed by atoms with Crippen LogP contribution in [0.5, 0.6) is 0 Å². The molecule has 0 saturated heterocycles. The van der Waals surface area contributed by atoms with Crippen molar-refractivity contribution in [1.29, 1.82) is 0 Å². The van der Waals surface area contributed by atoms with Crippen LogP contribution in [0.3, 0.4) is 0 Å². The third kappa shape index (κ3) is 4.88. The fraction of sp³-hybridized carbons (Fsp3) is 0.409. The summed E-state index contributed by atoms with van der Waals surface area (Å²) in [6.45, 7) is 8.82. The van der Waals surface area contributed by atoms with Crippen molar-refractivity contribution in [1.82, 2.24) is 4.98 Å². The fourth-order valence-corrected chi connectivity index (χ4v) is 3.16. The summed E-state index contributed by atoms with van der Waals surface area (Å²) in [5.41, 5.74) is 2.70. The minimum absolute atomic E-state index is 0.0131. The Hall–Kier alpha value is -2.89. The molecule has 0 radical (unpaired) electrons. The molecule has 0 spiro atoms. The minimum Gasteiger partial charge on any atom is -0.462 e. The van der Waals surface area contributed by atoms with Crippen molar-refractivity contribution < 1.29 is 23.9 Å². The van der Waals surface area contributed by atoms with E-state index >= 15 is 0 Å². The third-order valence-electron chi connectivity index (χ3n) is 4.68. The number of H-pyrrole nitrogens is 1. The van der Waals surface area contributed by atoms with Gasteiger partial charge in [-0.2, -0.15) is 0 Å². The van der Waals surface area contributed by atoms with Crippen molar-refractivity contribution in [2.75, 3.05) is 6.61 Å². The molecule has 1 heterocycles. The largest absolute Gasteiger partial charge is 0.462 e. The molecule has 1 aromatic carbocycles. The van der Waals surface area contributed by atoms with Crippen LogP contribution < -0.4 is 0 Å². The Kier molecular flexibility index (Phi) is 7.15. The van der Waals surface area contributed by atoms with E-state index in [1.807, 2.05) is 37.3 Å². The number of ether oxygens (including phenoxy) is 2. The molecule has 0 aliphatic heterocycles. The lowest BCUT2D eigenvalue weighted by atomic mass is 9.98. The van der Waals surface area contributed by atoms with Crippen molar-refractivity contribution in [2.45, 2.75) is 53.1 Å². The summed E-state index contributed by atoms with van der Waals surface area (Å²) in [4.78, 5) is 40.0. The van der Waals surface area contributed by atoms with Gasteiger partial charge in [0.25, 0.3) is 0 Å². The molecule has 0 aliphatic carbocycles. The summed E-state index contributed by atoms with van der Waals surface area (Å²) >= 11 is 0. The predicted molar refractivity (Wildman–Crippen MR) is 106 cm³/mol. The van der Waals surface area contributed by atoms with Crippen LogP contribution in [0.4, 0.5) is 0 Å². The summed E-state index contributed by atoms with van der Waals surface area (Å²) in [5, 5.41) is 0. The maximum atomic E-state index is 12.7. The molecule has 0 fully saturated rings. The van der Waals surface area contributed by atoms with Crippen LogP contribution in [0.25, 0.3) is 0 Å². The van der Waals surface area contributed by atoms with Gasteiger partial charge in [0.1, 0.15) is 0 Å². The number of benzene rings is 1. The van der Waals surface area contributed by atoms with Gasteiger partial charge in [-0.3, -0.25) is 9.59 Å². The quantitative estimate of drug-likeness (QED) is 0.546. The van der Waals surface area contributed by atoms with Gasteiger partial charge >= 0.3 is 11.9 Å². The molecule has 1 N–H and O–H groups in total. The topological polar surface area (TPSA) is 85.5 Å². The highest BCUT2D eigenvalue weighted by molar-refractivity contribution is 6.04. The molecule has 2 rings (SSSR count). The van der Waals surface area contributed by atoms with Crippen molar-refractivity contribution in [3.63, 3.8) is 0 Å². The van der Waals surface area contributed by atoms with Crippen LogP contribution >= 0.6 is 0 Å². The van der Waals surface area contributed by atoms with E-state index < -0.39 is 18.0 Å². The number of aromatic nitrogens is 1. The van der Waals surface area contributed by atoms with E-state index in [0.29, 0.717) is 16.8 Å².